The van der Waals surface area contributed by atoms with E-state index in [0.717, 1.165) is 29.7 Å². The molecule has 5 heteroatoms. The highest BCUT2D eigenvalue weighted by molar-refractivity contribution is 5.79. The van der Waals surface area contributed by atoms with Crippen LogP contribution in [0.1, 0.15) is 13.3 Å². The summed E-state index contributed by atoms with van der Waals surface area (Å²) in [5.41, 5.74) is 2.81. The lowest BCUT2D eigenvalue weighted by Crippen LogP contribution is -1.94. The van der Waals surface area contributed by atoms with E-state index in [1.54, 1.807) is 12.1 Å². The summed E-state index contributed by atoms with van der Waals surface area (Å²) in [4.78, 5) is 4.34. The molecule has 2 rings (SSSR count). The van der Waals surface area contributed by atoms with Gasteiger partial charge in [-0.05, 0) is 24.6 Å². The average molecular weight is 251 g/mol. The minimum absolute atomic E-state index is 0.0385. The molecule has 1 aromatic carbocycles. The fraction of sp³-hybridized carbons (Fsp3) is 0.214. The zero-order valence-electron chi connectivity index (χ0n) is 10.6. The van der Waals surface area contributed by atoms with Gasteiger partial charge in [0.05, 0.1) is 17.4 Å². The van der Waals surface area contributed by atoms with E-state index in [-0.39, 0.29) is 5.57 Å². The van der Waals surface area contributed by atoms with Crippen LogP contribution in [-0.2, 0) is 6.54 Å². The molecule has 0 bridgehead atoms. The Morgan fingerprint density at radius 3 is 2.89 bits per heavy atom. The van der Waals surface area contributed by atoms with Crippen molar-refractivity contribution < 1.29 is 0 Å². The lowest BCUT2D eigenvalue weighted by molar-refractivity contribution is 0.697. The van der Waals surface area contributed by atoms with E-state index >= 15 is 0 Å². The average Bonchev–Trinajstić information content (AvgIpc) is 2.83. The molecule has 0 saturated carbocycles. The Morgan fingerprint density at radius 2 is 2.21 bits per heavy atom. The van der Waals surface area contributed by atoms with Crippen LogP contribution in [0.2, 0.25) is 0 Å². The van der Waals surface area contributed by atoms with Gasteiger partial charge in [0.1, 0.15) is 17.7 Å². The number of nitrogens with one attached hydrogen (secondary N) is 1. The van der Waals surface area contributed by atoms with E-state index in [9.17, 15) is 0 Å². The fourth-order valence-corrected chi connectivity index (χ4v) is 1.82. The lowest BCUT2D eigenvalue weighted by Gasteiger charge is -2.03. The number of allylic oxidation sites excluding steroid dienone is 1. The third-order valence-electron chi connectivity index (χ3n) is 2.71. The molecule has 1 N–H and O–H groups in total. The van der Waals surface area contributed by atoms with Crippen LogP contribution in [0, 0.1) is 22.7 Å². The highest BCUT2D eigenvalue weighted by Gasteiger charge is 2.02. The predicted octanol–water partition coefficient (Wildman–Crippen LogP) is 2.79. The first-order valence-corrected chi connectivity index (χ1v) is 6.00. The Kier molecular flexibility index (Phi) is 3.80. The minimum Gasteiger partial charge on any atom is -0.360 e. The van der Waals surface area contributed by atoms with Crippen molar-refractivity contribution in [3.05, 3.63) is 36.3 Å². The Balaban J connectivity index is 2.26. The van der Waals surface area contributed by atoms with Crippen LogP contribution in [0.15, 0.2) is 36.3 Å². The molecule has 1 aromatic heterocycles. The topological polar surface area (TPSA) is 77.4 Å². The molecule has 5 nitrogen and oxygen atoms in total. The molecule has 94 valence electrons. The van der Waals surface area contributed by atoms with Crippen LogP contribution in [0.3, 0.4) is 0 Å². The number of hydrogen-bond donors (Lipinski definition) is 1. The van der Waals surface area contributed by atoms with E-state index in [4.69, 9.17) is 10.5 Å². The molecule has 0 saturated heterocycles. The maximum atomic E-state index is 8.64. The number of imidazole rings is 1. The molecule has 0 spiro atoms. The smallest absolute Gasteiger partial charge is 0.145 e. The van der Waals surface area contributed by atoms with Gasteiger partial charge in [-0.15, -0.1) is 0 Å². The number of hydrogen-bond acceptors (Lipinski definition) is 4. The van der Waals surface area contributed by atoms with Gasteiger partial charge >= 0.3 is 0 Å². The molecule has 0 fully saturated rings. The van der Waals surface area contributed by atoms with Gasteiger partial charge in [0.2, 0.25) is 0 Å². The van der Waals surface area contributed by atoms with Gasteiger partial charge in [0, 0.05) is 18.4 Å². The van der Waals surface area contributed by atoms with Gasteiger partial charge in [-0.2, -0.15) is 10.5 Å². The quantitative estimate of drug-likeness (QED) is 0.847. The minimum atomic E-state index is 0.0385. The summed E-state index contributed by atoms with van der Waals surface area (Å²) in [6.07, 6.45) is 4.27. The summed E-state index contributed by atoms with van der Waals surface area (Å²) in [7, 11) is 0. The number of benzene rings is 1. The zero-order valence-corrected chi connectivity index (χ0v) is 10.6. The van der Waals surface area contributed by atoms with Gasteiger partial charge < -0.3 is 9.88 Å². The maximum absolute atomic E-state index is 8.64. The molecule has 0 aliphatic carbocycles. The van der Waals surface area contributed by atoms with E-state index in [2.05, 4.69) is 21.8 Å². The van der Waals surface area contributed by atoms with Crippen molar-refractivity contribution in [2.75, 3.05) is 5.32 Å². The highest BCUT2D eigenvalue weighted by Crippen LogP contribution is 2.18. The van der Waals surface area contributed by atoms with Crippen LogP contribution in [0.4, 0.5) is 5.69 Å². The zero-order chi connectivity index (χ0) is 13.7. The van der Waals surface area contributed by atoms with Crippen molar-refractivity contribution in [1.82, 2.24) is 9.55 Å². The number of aromatic nitrogens is 2. The Hall–Kier alpha value is -2.79. The molecule has 19 heavy (non-hydrogen) atoms. The number of rotatable bonds is 4. The van der Waals surface area contributed by atoms with Gasteiger partial charge in [-0.1, -0.05) is 6.92 Å². The summed E-state index contributed by atoms with van der Waals surface area (Å²) < 4.78 is 2.10. The second kappa shape index (κ2) is 5.70. The van der Waals surface area contributed by atoms with Crippen LogP contribution in [-0.4, -0.2) is 9.55 Å². The Morgan fingerprint density at radius 1 is 1.42 bits per heavy atom. The van der Waals surface area contributed by atoms with Crippen molar-refractivity contribution in [3.8, 4) is 12.1 Å². The lowest BCUT2D eigenvalue weighted by atomic mass is 10.2. The molecule has 1 heterocycles. The SMILES string of the molecule is CCCn1cnc2cc(NC=C(C#N)C#N)ccc21. The predicted molar refractivity (Wildman–Crippen MR) is 73.0 cm³/mol. The van der Waals surface area contributed by atoms with Crippen LogP contribution < -0.4 is 5.32 Å². The number of nitrogens with zero attached hydrogens (tertiary/aromatic N) is 4. The summed E-state index contributed by atoms with van der Waals surface area (Å²) in [6, 6.07) is 9.37. The number of nitriles is 2. The Bertz CT molecular complexity index is 681. The van der Waals surface area contributed by atoms with Crippen molar-refractivity contribution >= 4 is 16.7 Å². The molecular formula is C14H13N5. The van der Waals surface area contributed by atoms with Gasteiger partial charge in [0.15, 0.2) is 0 Å². The monoisotopic (exact) mass is 251 g/mol. The van der Waals surface area contributed by atoms with E-state index in [1.165, 1.54) is 6.20 Å². The van der Waals surface area contributed by atoms with Crippen molar-refractivity contribution in [2.24, 2.45) is 0 Å². The largest absolute Gasteiger partial charge is 0.360 e. The maximum Gasteiger partial charge on any atom is 0.145 e. The van der Waals surface area contributed by atoms with Crippen molar-refractivity contribution in [1.29, 1.82) is 10.5 Å². The van der Waals surface area contributed by atoms with Crippen molar-refractivity contribution in [3.63, 3.8) is 0 Å². The second-order valence-electron chi connectivity index (χ2n) is 4.07. The van der Waals surface area contributed by atoms with E-state index in [0.29, 0.717) is 0 Å². The van der Waals surface area contributed by atoms with Gasteiger partial charge in [-0.3, -0.25) is 0 Å². The summed E-state index contributed by atoms with van der Waals surface area (Å²) in [6.45, 7) is 3.06. The second-order valence-corrected chi connectivity index (χ2v) is 4.07. The van der Waals surface area contributed by atoms with Gasteiger partial charge in [0.25, 0.3) is 0 Å². The molecule has 0 aliphatic rings. The fourth-order valence-electron chi connectivity index (χ4n) is 1.82. The first kappa shape index (κ1) is 12.7. The summed E-state index contributed by atoms with van der Waals surface area (Å²) in [5.74, 6) is 0. The molecule has 0 atom stereocenters. The normalized spacial score (nSPS) is 9.63. The van der Waals surface area contributed by atoms with Crippen LogP contribution in [0.25, 0.3) is 11.0 Å². The first-order chi connectivity index (χ1) is 9.28. The molecule has 0 radical (unpaired) electrons. The Labute approximate surface area is 111 Å². The number of anilines is 1. The molecule has 2 aromatic rings. The standard InChI is InChI=1S/C14H13N5/c1-2-5-19-10-18-13-6-12(3-4-14(13)19)17-9-11(7-15)8-16/h3-4,6,9-10,17H,2,5H2,1H3. The van der Waals surface area contributed by atoms with Crippen molar-refractivity contribution in [2.45, 2.75) is 19.9 Å². The summed E-state index contributed by atoms with van der Waals surface area (Å²) >= 11 is 0. The van der Waals surface area contributed by atoms with E-state index < -0.39 is 0 Å². The van der Waals surface area contributed by atoms with Crippen LogP contribution in [0.5, 0.6) is 0 Å². The first-order valence-electron chi connectivity index (χ1n) is 6.00. The third-order valence-corrected chi connectivity index (χ3v) is 2.71. The van der Waals surface area contributed by atoms with E-state index in [1.807, 2.05) is 24.5 Å². The van der Waals surface area contributed by atoms with Gasteiger partial charge in [-0.25, -0.2) is 4.98 Å². The summed E-state index contributed by atoms with van der Waals surface area (Å²) in [5, 5.41) is 20.2. The number of aryl methyl sites for hydroxylation is 1. The highest BCUT2D eigenvalue weighted by atomic mass is 15.0. The van der Waals surface area contributed by atoms with Crippen LogP contribution >= 0.6 is 0 Å². The molecule has 0 amide bonds. The third kappa shape index (κ3) is 2.72. The molecule has 0 aliphatic heterocycles. The molecule has 0 unspecified atom stereocenters. The molecular weight excluding hydrogens is 238 g/mol. The number of fused-ring (bicyclic) bond motifs is 1.